The number of hydroxylamine groups is 2. The van der Waals surface area contributed by atoms with Crippen LogP contribution in [0.2, 0.25) is 0 Å². The Kier molecular flexibility index (Phi) is 4.95. The molecule has 30 heavy (non-hydrogen) atoms. The third-order valence-corrected chi connectivity index (χ3v) is 5.89. The van der Waals surface area contributed by atoms with Crippen LogP contribution in [-0.2, 0) is 22.5 Å². The smallest absolute Gasteiger partial charge is 0.265 e. The molecule has 4 nitrogen and oxygen atoms in total. The number of carbonyl (C=O) groups is 1. The molecule has 4 aromatic carbocycles. The van der Waals surface area contributed by atoms with Gasteiger partial charge in [0, 0.05) is 6.42 Å². The van der Waals surface area contributed by atoms with Crippen LogP contribution < -0.4 is 5.32 Å². The monoisotopic (exact) mass is 396 g/mol. The lowest BCUT2D eigenvalue weighted by Gasteiger charge is -2.21. The van der Waals surface area contributed by atoms with Crippen molar-refractivity contribution in [1.82, 2.24) is 10.4 Å². The van der Waals surface area contributed by atoms with E-state index >= 15 is 0 Å². The molecule has 0 saturated carbocycles. The van der Waals surface area contributed by atoms with Crippen molar-refractivity contribution < 1.29 is 9.63 Å². The lowest BCUT2D eigenvalue weighted by atomic mass is 10.0. The second-order valence-corrected chi connectivity index (χ2v) is 7.85. The van der Waals surface area contributed by atoms with Crippen LogP contribution in [0, 0.1) is 0 Å². The molecule has 1 N–H and O–H groups in total. The second-order valence-electron chi connectivity index (χ2n) is 7.85. The number of rotatable bonds is 5. The van der Waals surface area contributed by atoms with E-state index in [1.54, 1.807) is 7.11 Å². The molecule has 1 aliphatic rings. The Balaban J connectivity index is 1.35. The summed E-state index contributed by atoms with van der Waals surface area (Å²) in [6.07, 6.45) is 1.14. The van der Waals surface area contributed by atoms with Crippen LogP contribution in [0.3, 0.4) is 0 Å². The molecule has 2 atom stereocenters. The van der Waals surface area contributed by atoms with Crippen molar-refractivity contribution in [3.05, 3.63) is 96.1 Å². The zero-order valence-corrected chi connectivity index (χ0v) is 16.9. The number of hydrogen-bond donors (Lipinski definition) is 1. The molecule has 1 heterocycles. The SMILES string of the molecule is CON1C(=O)[C@H](Cc2ccc3ccccc3c2)N[C@H]1Cc1ccc2ccccc2c1. The van der Waals surface area contributed by atoms with Gasteiger partial charge in [-0.15, -0.1) is 0 Å². The van der Waals surface area contributed by atoms with E-state index < -0.39 is 0 Å². The standard InChI is InChI=1S/C26H24N2O2/c1-30-28-25(17-19-11-13-21-7-3-5-9-23(21)15-19)27-24(26(28)29)16-18-10-12-20-6-2-4-8-22(20)14-18/h2-15,24-25,27H,16-17H2,1H3/t24-,25+/m0/s1. The first-order valence-corrected chi connectivity index (χ1v) is 10.3. The first-order chi connectivity index (χ1) is 14.7. The molecule has 0 aromatic heterocycles. The van der Waals surface area contributed by atoms with Gasteiger partial charge in [0.15, 0.2) is 0 Å². The van der Waals surface area contributed by atoms with Crippen LogP contribution in [0.15, 0.2) is 84.9 Å². The molecule has 1 fully saturated rings. The van der Waals surface area contributed by atoms with Gasteiger partial charge in [0.25, 0.3) is 5.91 Å². The summed E-state index contributed by atoms with van der Waals surface area (Å²) in [6.45, 7) is 0. The van der Waals surface area contributed by atoms with Gasteiger partial charge in [-0.1, -0.05) is 84.9 Å². The minimum Gasteiger partial charge on any atom is -0.283 e. The highest BCUT2D eigenvalue weighted by atomic mass is 16.7. The molecule has 0 spiro atoms. The lowest BCUT2D eigenvalue weighted by Crippen LogP contribution is -2.38. The normalized spacial score (nSPS) is 19.1. The highest BCUT2D eigenvalue weighted by Crippen LogP contribution is 2.23. The van der Waals surface area contributed by atoms with Gasteiger partial charge in [-0.05, 0) is 39.1 Å². The first-order valence-electron chi connectivity index (χ1n) is 10.3. The molecule has 150 valence electrons. The van der Waals surface area contributed by atoms with Crippen LogP contribution in [0.4, 0.5) is 0 Å². The second kappa shape index (κ2) is 7.90. The Morgan fingerprint density at radius 3 is 1.87 bits per heavy atom. The van der Waals surface area contributed by atoms with E-state index in [1.807, 2.05) is 24.3 Å². The van der Waals surface area contributed by atoms with Gasteiger partial charge in [0.05, 0.1) is 13.2 Å². The Hall–Kier alpha value is -3.21. The number of carbonyl (C=O) groups excluding carboxylic acids is 1. The Labute approximate surface area is 176 Å². The minimum absolute atomic E-state index is 0.0172. The molecule has 0 bridgehead atoms. The van der Waals surface area contributed by atoms with E-state index in [0.717, 1.165) is 5.56 Å². The highest BCUT2D eigenvalue weighted by molar-refractivity contribution is 5.86. The molecule has 5 rings (SSSR count). The Bertz CT molecular complexity index is 1220. The predicted octanol–water partition coefficient (Wildman–Crippen LogP) is 4.47. The fourth-order valence-corrected chi connectivity index (χ4v) is 4.37. The van der Waals surface area contributed by atoms with Gasteiger partial charge >= 0.3 is 0 Å². The van der Waals surface area contributed by atoms with Crippen molar-refractivity contribution in [2.75, 3.05) is 7.11 Å². The molecule has 0 unspecified atom stereocenters. The number of hydrogen-bond acceptors (Lipinski definition) is 3. The average molecular weight is 396 g/mol. The first kappa shape index (κ1) is 18.8. The number of fused-ring (bicyclic) bond motifs is 2. The molecular formula is C26H24N2O2. The molecule has 1 aliphatic heterocycles. The third kappa shape index (κ3) is 3.56. The molecule has 1 saturated heterocycles. The largest absolute Gasteiger partial charge is 0.283 e. The fraction of sp³-hybridized carbons (Fsp3) is 0.192. The molecule has 4 heteroatoms. The maximum Gasteiger partial charge on any atom is 0.265 e. The fourth-order valence-electron chi connectivity index (χ4n) is 4.37. The van der Waals surface area contributed by atoms with Crippen LogP contribution in [0.25, 0.3) is 21.5 Å². The van der Waals surface area contributed by atoms with Crippen LogP contribution in [0.5, 0.6) is 0 Å². The van der Waals surface area contributed by atoms with E-state index in [1.165, 1.54) is 32.2 Å². The minimum atomic E-state index is -0.295. The van der Waals surface area contributed by atoms with E-state index in [9.17, 15) is 4.79 Å². The molecule has 4 aromatic rings. The van der Waals surface area contributed by atoms with Crippen LogP contribution in [0.1, 0.15) is 11.1 Å². The summed E-state index contributed by atoms with van der Waals surface area (Å²) in [7, 11) is 1.56. The van der Waals surface area contributed by atoms with Crippen molar-refractivity contribution in [3.8, 4) is 0 Å². The van der Waals surface area contributed by atoms with Crippen molar-refractivity contribution in [2.45, 2.75) is 25.0 Å². The van der Waals surface area contributed by atoms with Gasteiger partial charge in [-0.25, -0.2) is 5.06 Å². The summed E-state index contributed by atoms with van der Waals surface area (Å²) >= 11 is 0. The molecule has 0 radical (unpaired) electrons. The molecule has 0 aliphatic carbocycles. The molecule has 1 amide bonds. The number of benzene rings is 4. The topological polar surface area (TPSA) is 41.6 Å². The van der Waals surface area contributed by atoms with E-state index in [4.69, 9.17) is 4.84 Å². The maximum absolute atomic E-state index is 13.0. The summed E-state index contributed by atoms with van der Waals surface area (Å²) in [4.78, 5) is 18.4. The Morgan fingerprint density at radius 2 is 1.30 bits per heavy atom. The lowest BCUT2D eigenvalue weighted by molar-refractivity contribution is -0.178. The number of amides is 1. The van der Waals surface area contributed by atoms with Gasteiger partial charge < -0.3 is 0 Å². The van der Waals surface area contributed by atoms with Crippen molar-refractivity contribution in [2.24, 2.45) is 0 Å². The summed E-state index contributed by atoms with van der Waals surface area (Å²) in [5.74, 6) is -0.0172. The summed E-state index contributed by atoms with van der Waals surface area (Å²) in [6, 6.07) is 29.1. The van der Waals surface area contributed by atoms with Gasteiger partial charge in [-0.2, -0.15) is 0 Å². The average Bonchev–Trinajstić information content (AvgIpc) is 3.07. The zero-order chi connectivity index (χ0) is 20.5. The summed E-state index contributed by atoms with van der Waals surface area (Å²) in [5, 5.41) is 9.79. The zero-order valence-electron chi connectivity index (χ0n) is 16.9. The van der Waals surface area contributed by atoms with E-state index in [2.05, 4.69) is 66.0 Å². The summed E-state index contributed by atoms with van der Waals surface area (Å²) in [5.41, 5.74) is 2.31. The van der Waals surface area contributed by atoms with Crippen molar-refractivity contribution in [1.29, 1.82) is 0 Å². The summed E-state index contributed by atoms with van der Waals surface area (Å²) < 4.78 is 0. The van der Waals surface area contributed by atoms with Crippen LogP contribution in [-0.4, -0.2) is 30.3 Å². The van der Waals surface area contributed by atoms with Gasteiger partial charge in [0.2, 0.25) is 0 Å². The molecular weight excluding hydrogens is 372 g/mol. The van der Waals surface area contributed by atoms with E-state index in [0.29, 0.717) is 12.8 Å². The predicted molar refractivity (Wildman–Crippen MR) is 120 cm³/mol. The number of nitrogens with one attached hydrogen (secondary N) is 1. The third-order valence-electron chi connectivity index (χ3n) is 5.89. The maximum atomic E-state index is 13.0. The van der Waals surface area contributed by atoms with Crippen LogP contribution >= 0.6 is 0 Å². The quantitative estimate of drug-likeness (QED) is 0.541. The van der Waals surface area contributed by atoms with Crippen molar-refractivity contribution in [3.63, 3.8) is 0 Å². The van der Waals surface area contributed by atoms with Gasteiger partial charge in [0.1, 0.15) is 6.17 Å². The van der Waals surface area contributed by atoms with Crippen molar-refractivity contribution >= 4 is 27.5 Å². The Morgan fingerprint density at radius 1 is 0.767 bits per heavy atom. The van der Waals surface area contributed by atoms with Gasteiger partial charge in [-0.3, -0.25) is 14.9 Å². The highest BCUT2D eigenvalue weighted by Gasteiger charge is 2.39. The number of nitrogens with zero attached hydrogens (tertiary/aromatic N) is 1. The van der Waals surface area contributed by atoms with E-state index in [-0.39, 0.29) is 18.1 Å².